The molecule has 2 amide bonds. The molecule has 0 unspecified atom stereocenters. The SMILES string of the molecule is Cc1cccc(CN(C(=O)COc2cc(C)ccc2C)[C@@H](Cc2ccccc2)C(=O)NC2CCCCC2)c1. The van der Waals surface area contributed by atoms with Crippen LogP contribution >= 0.6 is 0 Å². The topological polar surface area (TPSA) is 58.6 Å². The lowest BCUT2D eigenvalue weighted by Crippen LogP contribution is -2.53. The fourth-order valence-electron chi connectivity index (χ4n) is 5.19. The summed E-state index contributed by atoms with van der Waals surface area (Å²) in [5, 5.41) is 3.29. The molecule has 4 rings (SSSR count). The van der Waals surface area contributed by atoms with Gasteiger partial charge in [-0.15, -0.1) is 0 Å². The molecule has 0 radical (unpaired) electrons. The fourth-order valence-corrected chi connectivity index (χ4v) is 5.19. The Balaban J connectivity index is 1.62. The van der Waals surface area contributed by atoms with Crippen LogP contribution in [0.3, 0.4) is 0 Å². The Hall–Kier alpha value is -3.60. The van der Waals surface area contributed by atoms with Gasteiger partial charge in [0.2, 0.25) is 5.91 Å². The van der Waals surface area contributed by atoms with Crippen LogP contribution in [0.1, 0.15) is 59.9 Å². The highest BCUT2D eigenvalue weighted by molar-refractivity contribution is 5.88. The van der Waals surface area contributed by atoms with Gasteiger partial charge in [0.25, 0.3) is 5.91 Å². The van der Waals surface area contributed by atoms with E-state index in [1.807, 2.05) is 87.5 Å². The van der Waals surface area contributed by atoms with Gasteiger partial charge in [-0.05, 0) is 61.9 Å². The Morgan fingerprint density at radius 3 is 2.32 bits per heavy atom. The van der Waals surface area contributed by atoms with Crippen LogP contribution in [0.5, 0.6) is 5.75 Å². The van der Waals surface area contributed by atoms with Crippen molar-refractivity contribution in [1.29, 1.82) is 0 Å². The number of carbonyl (C=O) groups is 2. The molecule has 3 aromatic rings. The lowest BCUT2D eigenvalue weighted by molar-refractivity contribution is -0.143. The summed E-state index contributed by atoms with van der Waals surface area (Å²) >= 11 is 0. The standard InChI is InChI=1S/C33H40N2O3/c1-24-11-10-14-28(19-24)22-35(32(36)23-38-31-20-25(2)17-18-26(31)3)30(21-27-12-6-4-7-13-27)33(37)34-29-15-8-5-9-16-29/h4,6-7,10-14,17-20,29-30H,5,8-9,15-16,21-23H2,1-3H3,(H,34,37)/t30-/m0/s1. The Morgan fingerprint density at radius 2 is 1.58 bits per heavy atom. The zero-order chi connectivity index (χ0) is 26.9. The highest BCUT2D eigenvalue weighted by atomic mass is 16.5. The summed E-state index contributed by atoms with van der Waals surface area (Å²) in [5.74, 6) is 0.403. The third-order valence-electron chi connectivity index (χ3n) is 7.35. The maximum Gasteiger partial charge on any atom is 0.261 e. The number of aryl methyl sites for hydroxylation is 3. The highest BCUT2D eigenvalue weighted by Gasteiger charge is 2.32. The minimum atomic E-state index is -0.644. The van der Waals surface area contributed by atoms with E-state index in [1.165, 1.54) is 6.42 Å². The quantitative estimate of drug-likeness (QED) is 0.358. The van der Waals surface area contributed by atoms with E-state index in [0.29, 0.717) is 18.7 Å². The molecule has 3 aromatic carbocycles. The van der Waals surface area contributed by atoms with E-state index < -0.39 is 6.04 Å². The molecule has 200 valence electrons. The van der Waals surface area contributed by atoms with Crippen molar-refractivity contribution in [1.82, 2.24) is 10.2 Å². The normalized spacial score (nSPS) is 14.5. The second kappa shape index (κ2) is 13.3. The molecular formula is C33H40N2O3. The number of amides is 2. The first kappa shape index (κ1) is 27.4. The van der Waals surface area contributed by atoms with Crippen molar-refractivity contribution >= 4 is 11.8 Å². The predicted octanol–water partition coefficient (Wildman–Crippen LogP) is 6.08. The molecule has 0 saturated heterocycles. The van der Waals surface area contributed by atoms with Crippen molar-refractivity contribution in [3.8, 4) is 5.75 Å². The van der Waals surface area contributed by atoms with Crippen molar-refractivity contribution < 1.29 is 14.3 Å². The molecule has 1 N–H and O–H groups in total. The van der Waals surface area contributed by atoms with Gasteiger partial charge in [0.05, 0.1) is 0 Å². The second-order valence-electron chi connectivity index (χ2n) is 10.6. The third-order valence-corrected chi connectivity index (χ3v) is 7.35. The van der Waals surface area contributed by atoms with Gasteiger partial charge in [0, 0.05) is 19.0 Å². The summed E-state index contributed by atoms with van der Waals surface area (Å²) in [7, 11) is 0. The summed E-state index contributed by atoms with van der Waals surface area (Å²) in [6, 6.07) is 23.6. The van der Waals surface area contributed by atoms with Gasteiger partial charge >= 0.3 is 0 Å². The molecule has 1 saturated carbocycles. The molecule has 0 aromatic heterocycles. The first-order valence-electron chi connectivity index (χ1n) is 13.8. The van der Waals surface area contributed by atoms with Gasteiger partial charge in [0.15, 0.2) is 6.61 Å². The third kappa shape index (κ3) is 7.70. The number of nitrogens with zero attached hydrogens (tertiary/aromatic N) is 1. The number of hydrogen-bond acceptors (Lipinski definition) is 3. The lowest BCUT2D eigenvalue weighted by Gasteiger charge is -2.33. The van der Waals surface area contributed by atoms with Gasteiger partial charge in [-0.3, -0.25) is 9.59 Å². The predicted molar refractivity (Wildman–Crippen MR) is 152 cm³/mol. The monoisotopic (exact) mass is 512 g/mol. The molecule has 0 bridgehead atoms. The van der Waals surface area contributed by atoms with Crippen LogP contribution in [0.25, 0.3) is 0 Å². The van der Waals surface area contributed by atoms with Gasteiger partial charge in [-0.25, -0.2) is 0 Å². The first-order valence-corrected chi connectivity index (χ1v) is 13.8. The molecule has 1 aliphatic carbocycles. The summed E-state index contributed by atoms with van der Waals surface area (Å²) in [4.78, 5) is 29.4. The van der Waals surface area contributed by atoms with Crippen LogP contribution in [-0.4, -0.2) is 35.4 Å². The summed E-state index contributed by atoms with van der Waals surface area (Å²) in [6.07, 6.45) is 5.90. The van der Waals surface area contributed by atoms with E-state index in [4.69, 9.17) is 4.74 Å². The summed E-state index contributed by atoms with van der Waals surface area (Å²) in [5.41, 5.74) is 5.18. The number of ether oxygens (including phenoxy) is 1. The molecule has 0 spiro atoms. The van der Waals surface area contributed by atoms with E-state index in [2.05, 4.69) is 11.4 Å². The van der Waals surface area contributed by atoms with E-state index in [-0.39, 0.29) is 24.5 Å². The van der Waals surface area contributed by atoms with E-state index in [1.54, 1.807) is 4.90 Å². The number of rotatable bonds is 10. The first-order chi connectivity index (χ1) is 18.4. The Bertz CT molecular complexity index is 1220. The molecule has 1 fully saturated rings. The van der Waals surface area contributed by atoms with Crippen LogP contribution in [-0.2, 0) is 22.6 Å². The second-order valence-corrected chi connectivity index (χ2v) is 10.6. The smallest absolute Gasteiger partial charge is 0.261 e. The molecule has 1 atom stereocenters. The van der Waals surface area contributed by atoms with Crippen LogP contribution < -0.4 is 10.1 Å². The van der Waals surface area contributed by atoms with Crippen molar-refractivity contribution in [2.75, 3.05) is 6.61 Å². The lowest BCUT2D eigenvalue weighted by atomic mass is 9.94. The molecule has 0 heterocycles. The minimum Gasteiger partial charge on any atom is -0.483 e. The van der Waals surface area contributed by atoms with Crippen LogP contribution in [0.2, 0.25) is 0 Å². The fraction of sp³-hybridized carbons (Fsp3) is 0.394. The van der Waals surface area contributed by atoms with Crippen molar-refractivity contribution in [2.45, 2.75) is 77.9 Å². The molecule has 5 nitrogen and oxygen atoms in total. The minimum absolute atomic E-state index is 0.0894. The van der Waals surface area contributed by atoms with Crippen LogP contribution in [0.15, 0.2) is 72.8 Å². The molecule has 38 heavy (non-hydrogen) atoms. The van der Waals surface area contributed by atoms with Gasteiger partial charge in [-0.2, -0.15) is 0 Å². The number of nitrogens with one attached hydrogen (secondary N) is 1. The van der Waals surface area contributed by atoms with Crippen LogP contribution in [0.4, 0.5) is 0 Å². The number of hydrogen-bond donors (Lipinski definition) is 1. The van der Waals surface area contributed by atoms with Crippen molar-refractivity contribution in [3.05, 3.63) is 101 Å². The van der Waals surface area contributed by atoms with Crippen molar-refractivity contribution in [3.63, 3.8) is 0 Å². The largest absolute Gasteiger partial charge is 0.483 e. The summed E-state index contributed by atoms with van der Waals surface area (Å²) in [6.45, 7) is 6.23. The summed E-state index contributed by atoms with van der Waals surface area (Å²) < 4.78 is 6.03. The molecule has 5 heteroatoms. The number of carbonyl (C=O) groups excluding carboxylic acids is 2. The molecule has 1 aliphatic rings. The maximum atomic E-state index is 13.9. The molecule has 0 aliphatic heterocycles. The zero-order valence-electron chi connectivity index (χ0n) is 22.9. The van der Waals surface area contributed by atoms with Crippen molar-refractivity contribution in [2.24, 2.45) is 0 Å². The Labute approximate surface area is 227 Å². The zero-order valence-corrected chi connectivity index (χ0v) is 22.9. The van der Waals surface area contributed by atoms with Crippen LogP contribution in [0, 0.1) is 20.8 Å². The van der Waals surface area contributed by atoms with Gasteiger partial charge in [0.1, 0.15) is 11.8 Å². The maximum absolute atomic E-state index is 13.9. The van der Waals surface area contributed by atoms with E-state index in [0.717, 1.165) is 53.5 Å². The van der Waals surface area contributed by atoms with E-state index >= 15 is 0 Å². The van der Waals surface area contributed by atoms with E-state index in [9.17, 15) is 9.59 Å². The van der Waals surface area contributed by atoms with Gasteiger partial charge in [-0.1, -0.05) is 91.6 Å². The number of benzene rings is 3. The Morgan fingerprint density at radius 1 is 0.868 bits per heavy atom. The Kier molecular flexibility index (Phi) is 9.58. The highest BCUT2D eigenvalue weighted by Crippen LogP contribution is 2.22. The average molecular weight is 513 g/mol. The van der Waals surface area contributed by atoms with Gasteiger partial charge < -0.3 is 15.0 Å². The molecular weight excluding hydrogens is 472 g/mol. The average Bonchev–Trinajstić information content (AvgIpc) is 2.92.